The predicted octanol–water partition coefficient (Wildman–Crippen LogP) is 0.419. The first-order chi connectivity index (χ1) is 8.94. The molecular weight excluding hydrogens is 290 g/mol. The average molecular weight is 311 g/mol. The molecule has 1 atom stereocenters. The molecule has 0 aliphatic rings. The van der Waals surface area contributed by atoms with Crippen molar-refractivity contribution in [2.24, 2.45) is 0 Å². The molecule has 1 N–H and O–H groups in total. The number of esters is 1. The summed E-state index contributed by atoms with van der Waals surface area (Å²) in [6.45, 7) is 4.76. The Morgan fingerprint density at radius 2 is 1.80 bits per heavy atom. The first-order valence-corrected chi connectivity index (χ1v) is 7.68. The first kappa shape index (κ1) is 18.7. The predicted molar refractivity (Wildman–Crippen MR) is 70.6 cm³/mol. The molecule has 0 bridgehead atoms. The Morgan fingerprint density at radius 1 is 1.25 bits per heavy atom. The summed E-state index contributed by atoms with van der Waals surface area (Å²) in [5.74, 6) is -0.715. The van der Waals surface area contributed by atoms with Crippen LogP contribution in [0.5, 0.6) is 0 Å². The summed E-state index contributed by atoms with van der Waals surface area (Å²) in [4.78, 5) is 23.0. The molecule has 0 aromatic heterocycles. The molecule has 0 radical (unpaired) electrons. The highest BCUT2D eigenvalue weighted by Crippen LogP contribution is 2.07. The molecule has 8 nitrogen and oxygen atoms in total. The van der Waals surface area contributed by atoms with Crippen LogP contribution in [0.1, 0.15) is 27.2 Å². The summed E-state index contributed by atoms with van der Waals surface area (Å²) in [5, 5.41) is 2.30. The van der Waals surface area contributed by atoms with Gasteiger partial charge in [0.25, 0.3) is 10.1 Å². The summed E-state index contributed by atoms with van der Waals surface area (Å²) >= 11 is 0. The van der Waals surface area contributed by atoms with Crippen molar-refractivity contribution in [1.29, 1.82) is 0 Å². The number of carbonyl (C=O) groups is 2. The minimum atomic E-state index is -3.61. The molecule has 0 aromatic rings. The SMILES string of the molecule is COC(=O)[C@H](CCOS(C)(=O)=O)NC(=O)OC(C)(C)C. The number of hydrogen-bond donors (Lipinski definition) is 1. The molecule has 9 heteroatoms. The topological polar surface area (TPSA) is 108 Å². The van der Waals surface area contributed by atoms with Gasteiger partial charge in [0.2, 0.25) is 0 Å². The van der Waals surface area contributed by atoms with Gasteiger partial charge in [-0.05, 0) is 20.8 Å². The van der Waals surface area contributed by atoms with E-state index in [2.05, 4.69) is 14.2 Å². The quantitative estimate of drug-likeness (QED) is 0.559. The lowest BCUT2D eigenvalue weighted by Gasteiger charge is -2.22. The summed E-state index contributed by atoms with van der Waals surface area (Å²) in [7, 11) is -2.45. The highest BCUT2D eigenvalue weighted by molar-refractivity contribution is 7.85. The molecule has 0 heterocycles. The summed E-state index contributed by atoms with van der Waals surface area (Å²) in [6.07, 6.45) is 0.0349. The van der Waals surface area contributed by atoms with Crippen LogP contribution in [-0.2, 0) is 28.6 Å². The number of ether oxygens (including phenoxy) is 2. The van der Waals surface area contributed by atoms with Crippen LogP contribution in [0.3, 0.4) is 0 Å². The largest absolute Gasteiger partial charge is 0.467 e. The van der Waals surface area contributed by atoms with Gasteiger partial charge in [-0.25, -0.2) is 9.59 Å². The lowest BCUT2D eigenvalue weighted by atomic mass is 10.2. The summed E-state index contributed by atoms with van der Waals surface area (Å²) < 4.78 is 35.6. The van der Waals surface area contributed by atoms with Crippen molar-refractivity contribution in [2.45, 2.75) is 38.8 Å². The van der Waals surface area contributed by atoms with Gasteiger partial charge in [0, 0.05) is 6.42 Å². The number of alkyl carbamates (subject to hydrolysis) is 1. The average Bonchev–Trinajstić information content (AvgIpc) is 2.22. The molecule has 0 spiro atoms. The van der Waals surface area contributed by atoms with Crippen molar-refractivity contribution in [3.63, 3.8) is 0 Å². The molecule has 0 aliphatic heterocycles. The Labute approximate surface area is 118 Å². The van der Waals surface area contributed by atoms with E-state index >= 15 is 0 Å². The molecule has 0 saturated heterocycles. The minimum absolute atomic E-state index is 0.0566. The maximum Gasteiger partial charge on any atom is 0.408 e. The fourth-order valence-electron chi connectivity index (χ4n) is 1.16. The first-order valence-electron chi connectivity index (χ1n) is 5.86. The van der Waals surface area contributed by atoms with E-state index in [1.54, 1.807) is 20.8 Å². The van der Waals surface area contributed by atoms with Gasteiger partial charge in [-0.2, -0.15) is 8.42 Å². The third-order valence-electron chi connectivity index (χ3n) is 1.88. The van der Waals surface area contributed by atoms with Gasteiger partial charge in [-0.3, -0.25) is 4.18 Å². The van der Waals surface area contributed by atoms with Gasteiger partial charge in [0.05, 0.1) is 20.0 Å². The Balaban J connectivity index is 4.51. The van der Waals surface area contributed by atoms with Crippen LogP contribution in [0.15, 0.2) is 0 Å². The van der Waals surface area contributed by atoms with E-state index in [0.29, 0.717) is 0 Å². The molecule has 0 aromatic carbocycles. The maximum absolute atomic E-state index is 11.5. The van der Waals surface area contributed by atoms with Gasteiger partial charge >= 0.3 is 12.1 Å². The van der Waals surface area contributed by atoms with Crippen molar-refractivity contribution in [1.82, 2.24) is 5.32 Å². The highest BCUT2D eigenvalue weighted by Gasteiger charge is 2.25. The molecule has 118 valence electrons. The normalized spacial score (nSPS) is 13.4. The van der Waals surface area contributed by atoms with Gasteiger partial charge in [0.15, 0.2) is 0 Å². The van der Waals surface area contributed by atoms with Gasteiger partial charge in [0.1, 0.15) is 11.6 Å². The standard InChI is InChI=1S/C11H21NO7S/c1-11(2,3)19-10(14)12-8(9(13)17-4)6-7-18-20(5,15)16/h8H,6-7H2,1-5H3,(H,12,14)/t8-/m0/s1. The Morgan fingerprint density at radius 3 is 2.20 bits per heavy atom. The zero-order chi connectivity index (χ0) is 16.0. The van der Waals surface area contributed by atoms with Crippen LogP contribution in [0, 0.1) is 0 Å². The van der Waals surface area contributed by atoms with Crippen LogP contribution >= 0.6 is 0 Å². The molecule has 0 unspecified atom stereocenters. The number of amides is 1. The van der Waals surface area contributed by atoms with Gasteiger partial charge in [-0.1, -0.05) is 0 Å². The van der Waals surface area contributed by atoms with E-state index in [-0.39, 0.29) is 13.0 Å². The second-order valence-corrected chi connectivity index (χ2v) is 6.68. The van der Waals surface area contributed by atoms with Crippen molar-refractivity contribution in [3.8, 4) is 0 Å². The Kier molecular flexibility index (Phi) is 6.94. The van der Waals surface area contributed by atoms with E-state index in [9.17, 15) is 18.0 Å². The number of rotatable bonds is 6. The second-order valence-electron chi connectivity index (χ2n) is 5.04. The van der Waals surface area contributed by atoms with Crippen molar-refractivity contribution in [2.75, 3.05) is 20.0 Å². The minimum Gasteiger partial charge on any atom is -0.467 e. The lowest BCUT2D eigenvalue weighted by molar-refractivity contribution is -0.143. The highest BCUT2D eigenvalue weighted by atomic mass is 32.2. The molecule has 0 fully saturated rings. The van der Waals surface area contributed by atoms with Crippen LogP contribution in [0.4, 0.5) is 4.79 Å². The van der Waals surface area contributed by atoms with Crippen molar-refractivity contribution in [3.05, 3.63) is 0 Å². The number of methoxy groups -OCH3 is 1. The lowest BCUT2D eigenvalue weighted by Crippen LogP contribution is -2.44. The van der Waals surface area contributed by atoms with Crippen LogP contribution in [0.25, 0.3) is 0 Å². The zero-order valence-electron chi connectivity index (χ0n) is 12.3. The van der Waals surface area contributed by atoms with E-state index in [1.807, 2.05) is 0 Å². The van der Waals surface area contributed by atoms with Crippen molar-refractivity contribution >= 4 is 22.2 Å². The molecular formula is C11H21NO7S. The fourth-order valence-corrected chi connectivity index (χ4v) is 1.56. The number of hydrogen-bond acceptors (Lipinski definition) is 7. The van der Waals surface area contributed by atoms with E-state index in [0.717, 1.165) is 13.4 Å². The monoisotopic (exact) mass is 311 g/mol. The smallest absolute Gasteiger partial charge is 0.408 e. The maximum atomic E-state index is 11.5. The van der Waals surface area contributed by atoms with Crippen LogP contribution in [0.2, 0.25) is 0 Å². The molecule has 0 aliphatic carbocycles. The molecule has 0 saturated carbocycles. The van der Waals surface area contributed by atoms with Crippen LogP contribution < -0.4 is 5.32 Å². The van der Waals surface area contributed by atoms with Gasteiger partial charge < -0.3 is 14.8 Å². The Hall–Kier alpha value is -1.35. The summed E-state index contributed by atoms with van der Waals surface area (Å²) in [6, 6.07) is -1.04. The molecule has 1 amide bonds. The fraction of sp³-hybridized carbons (Fsp3) is 0.818. The molecule has 0 rings (SSSR count). The summed E-state index contributed by atoms with van der Waals surface area (Å²) in [5.41, 5.74) is -0.714. The van der Waals surface area contributed by atoms with E-state index < -0.39 is 33.8 Å². The van der Waals surface area contributed by atoms with Crippen LogP contribution in [-0.4, -0.2) is 52.1 Å². The number of carbonyl (C=O) groups excluding carboxylic acids is 2. The molecule has 20 heavy (non-hydrogen) atoms. The number of nitrogens with one attached hydrogen (secondary N) is 1. The van der Waals surface area contributed by atoms with E-state index in [1.165, 1.54) is 0 Å². The third kappa shape index (κ3) is 9.56. The van der Waals surface area contributed by atoms with E-state index in [4.69, 9.17) is 4.74 Å². The zero-order valence-corrected chi connectivity index (χ0v) is 13.1. The van der Waals surface area contributed by atoms with Crippen molar-refractivity contribution < 1.29 is 31.7 Å². The van der Waals surface area contributed by atoms with Gasteiger partial charge in [-0.15, -0.1) is 0 Å². The Bertz CT molecular complexity index is 438. The second kappa shape index (κ2) is 7.44. The third-order valence-corrected chi connectivity index (χ3v) is 2.48.